The summed E-state index contributed by atoms with van der Waals surface area (Å²) in [6, 6.07) is 0. The molecule has 0 spiro atoms. The van der Waals surface area contributed by atoms with Crippen molar-refractivity contribution in [2.24, 2.45) is 0 Å². The normalized spacial score (nSPS) is 7.50. The molecule has 0 aromatic heterocycles. The van der Waals surface area contributed by atoms with E-state index in [1.54, 1.807) is 0 Å². The average molecular weight is 83.0 g/mol. The Balaban J connectivity index is 0. The maximum atomic E-state index is 8.51. The van der Waals surface area contributed by atoms with Crippen LogP contribution in [0.5, 0.6) is 0 Å². The van der Waals surface area contributed by atoms with Crippen molar-refractivity contribution in [3.63, 3.8) is 0 Å². The fraction of sp³-hybridized carbons (Fsp3) is 0. The molecule has 0 aliphatic heterocycles. The Morgan fingerprint density at radius 3 is 1.75 bits per heavy atom. The van der Waals surface area contributed by atoms with Gasteiger partial charge in [-0.15, -0.1) is 0 Å². The lowest BCUT2D eigenvalue weighted by Gasteiger charge is -1.80. The predicted molar refractivity (Wildman–Crippen MR) is 16.5 cm³/mol. The minimum Gasteiger partial charge on any atom is -0.811 e. The highest BCUT2D eigenvalue weighted by Crippen LogP contribution is 1.71. The first kappa shape index (κ1) is 8.85. The highest BCUT2D eigenvalue weighted by atomic mass is 31.1. The van der Waals surface area contributed by atoms with Crippen molar-refractivity contribution in [3.05, 3.63) is 0 Å². The van der Waals surface area contributed by atoms with Crippen LogP contribution in [0, 0.1) is 0 Å². The molecule has 5 N–H and O–H groups in total. The molecule has 0 radical (unpaired) electrons. The topological polar surface area (TPSA) is 79.8 Å². The van der Waals surface area contributed by atoms with E-state index in [9.17, 15) is 0 Å². The van der Waals surface area contributed by atoms with E-state index >= 15 is 0 Å². The van der Waals surface area contributed by atoms with Crippen LogP contribution >= 0.6 is 9.03 Å². The molecule has 1 unspecified atom stereocenters. The van der Waals surface area contributed by atoms with Gasteiger partial charge in [-0.1, -0.05) is 9.03 Å². The van der Waals surface area contributed by atoms with Crippen LogP contribution in [-0.2, 0) is 0 Å². The highest BCUT2D eigenvalue weighted by molar-refractivity contribution is 7.22. The molecule has 0 saturated heterocycles. The van der Waals surface area contributed by atoms with Crippen molar-refractivity contribution < 1.29 is 9.79 Å². The average Bonchev–Trinajstić information content (AvgIpc) is 0.918. The van der Waals surface area contributed by atoms with E-state index in [0.29, 0.717) is 0 Å². The zero-order valence-corrected chi connectivity index (χ0v) is 3.36. The second kappa shape index (κ2) is 10.3. The minimum absolute atomic E-state index is 0. The molecule has 28 valence electrons. The fourth-order valence-electron chi connectivity index (χ4n) is 0. The van der Waals surface area contributed by atoms with Gasteiger partial charge in [0.2, 0.25) is 0 Å². The summed E-state index contributed by atoms with van der Waals surface area (Å²) in [7, 11) is -1.17. The molecule has 3 nitrogen and oxygen atoms in total. The third kappa shape index (κ3) is 41.3. The lowest BCUT2D eigenvalue weighted by atomic mass is 14.0. The molecule has 0 rings (SSSR count). The van der Waals surface area contributed by atoms with Gasteiger partial charge in [0.25, 0.3) is 0 Å². The van der Waals surface area contributed by atoms with Crippen molar-refractivity contribution in [2.45, 2.75) is 0 Å². The Kier molecular flexibility index (Phi) is 22.8. The molecule has 0 aliphatic rings. The van der Waals surface area contributed by atoms with E-state index < -0.39 is 9.03 Å². The minimum atomic E-state index is -1.17. The standard InChI is InChI=1S/H3N.H2O2P/c;1-3-2/h1H3;1,3H/q;-1/p+1. The monoisotopic (exact) mass is 83.0 g/mol. The van der Waals surface area contributed by atoms with Gasteiger partial charge in [-0.3, -0.25) is 0 Å². The lowest BCUT2D eigenvalue weighted by molar-refractivity contribution is -0.164. The van der Waals surface area contributed by atoms with E-state index in [1.165, 1.54) is 0 Å². The molecule has 4 heavy (non-hydrogen) atoms. The molecule has 0 aromatic rings. The Labute approximate surface area is 26.2 Å². The summed E-state index contributed by atoms with van der Waals surface area (Å²) < 4.78 is 0. The summed E-state index contributed by atoms with van der Waals surface area (Å²) in [6.07, 6.45) is 0. The van der Waals surface area contributed by atoms with Crippen LogP contribution < -0.4 is 11.0 Å². The van der Waals surface area contributed by atoms with Gasteiger partial charge in [-0.05, 0) is 0 Å². The highest BCUT2D eigenvalue weighted by Gasteiger charge is 1.11. The van der Waals surface area contributed by atoms with E-state index in [1.807, 2.05) is 0 Å². The maximum absolute atomic E-state index is 8.51. The second-order valence-corrected chi connectivity index (χ2v) is 0.274. The summed E-state index contributed by atoms with van der Waals surface area (Å²) in [4.78, 5) is 15.6. The molecular formula is H6NO2P. The molecule has 0 fully saturated rings. The van der Waals surface area contributed by atoms with E-state index in [0.717, 1.165) is 0 Å². The molecule has 0 aliphatic carbocycles. The third-order valence-corrected chi connectivity index (χ3v) is 0. The summed E-state index contributed by atoms with van der Waals surface area (Å²) in [6.45, 7) is 0. The van der Waals surface area contributed by atoms with Gasteiger partial charge in [0.1, 0.15) is 0 Å². The Bertz CT molecular complexity index is 6.00. The van der Waals surface area contributed by atoms with Gasteiger partial charge in [0.15, 0.2) is 0 Å². The number of rotatable bonds is 0. The SMILES string of the molecule is [NH4+].[O-]PO. The molecule has 0 bridgehead atoms. The summed E-state index contributed by atoms with van der Waals surface area (Å²) in [5.41, 5.74) is 0. The first-order valence-electron chi connectivity index (χ1n) is 0.428. The predicted octanol–water partition coefficient (Wildman–Crippen LogP) is -0.776. The van der Waals surface area contributed by atoms with Crippen LogP contribution in [0.25, 0.3) is 0 Å². The second-order valence-electron chi connectivity index (χ2n) is 0.0913. The van der Waals surface area contributed by atoms with Crippen LogP contribution in [0.3, 0.4) is 0 Å². The molecule has 0 amide bonds. The summed E-state index contributed by atoms with van der Waals surface area (Å²) in [5.74, 6) is 0. The zero-order chi connectivity index (χ0) is 2.71. The van der Waals surface area contributed by atoms with Crippen LogP contribution in [0.1, 0.15) is 0 Å². The first-order chi connectivity index (χ1) is 1.41. The first-order valence-corrected chi connectivity index (χ1v) is 1.28. The van der Waals surface area contributed by atoms with Gasteiger partial charge in [-0.25, -0.2) is 0 Å². The van der Waals surface area contributed by atoms with E-state index in [2.05, 4.69) is 0 Å². The fourth-order valence-corrected chi connectivity index (χ4v) is 0. The van der Waals surface area contributed by atoms with Gasteiger partial charge < -0.3 is 15.9 Å². The molecule has 0 saturated carbocycles. The lowest BCUT2D eigenvalue weighted by Crippen LogP contribution is -1.72. The Morgan fingerprint density at radius 1 is 1.75 bits per heavy atom. The quantitative estimate of drug-likeness (QED) is 0.377. The van der Waals surface area contributed by atoms with Gasteiger partial charge in [0.05, 0.1) is 0 Å². The largest absolute Gasteiger partial charge is 0.811 e. The molecule has 1 atom stereocenters. The van der Waals surface area contributed by atoms with Gasteiger partial charge >= 0.3 is 0 Å². The van der Waals surface area contributed by atoms with Gasteiger partial charge in [0, 0.05) is 0 Å². The summed E-state index contributed by atoms with van der Waals surface area (Å²) in [5, 5.41) is 0. The van der Waals surface area contributed by atoms with Crippen molar-refractivity contribution in [2.75, 3.05) is 0 Å². The third-order valence-electron chi connectivity index (χ3n) is 0. The van der Waals surface area contributed by atoms with Crippen LogP contribution in [-0.4, -0.2) is 4.89 Å². The van der Waals surface area contributed by atoms with Crippen LogP contribution in [0.4, 0.5) is 0 Å². The van der Waals surface area contributed by atoms with Crippen molar-refractivity contribution in [1.82, 2.24) is 6.15 Å². The van der Waals surface area contributed by atoms with Crippen molar-refractivity contribution in [3.8, 4) is 0 Å². The van der Waals surface area contributed by atoms with Crippen molar-refractivity contribution in [1.29, 1.82) is 0 Å². The Hall–Kier alpha value is 0.310. The number of hydrogen-bond acceptors (Lipinski definition) is 2. The zero-order valence-electron chi connectivity index (χ0n) is 2.36. The summed E-state index contributed by atoms with van der Waals surface area (Å²) >= 11 is 0. The van der Waals surface area contributed by atoms with E-state index in [-0.39, 0.29) is 6.15 Å². The van der Waals surface area contributed by atoms with Gasteiger partial charge in [-0.2, -0.15) is 0 Å². The van der Waals surface area contributed by atoms with E-state index in [4.69, 9.17) is 9.79 Å². The smallest absolute Gasteiger partial charge is 0.0805 e. The number of quaternary nitrogens is 1. The van der Waals surface area contributed by atoms with Crippen LogP contribution in [0.15, 0.2) is 0 Å². The number of hydrogen-bond donors (Lipinski definition) is 2. The molecule has 4 heteroatoms. The molecule has 0 aromatic carbocycles. The maximum Gasteiger partial charge on any atom is -0.0805 e. The van der Waals surface area contributed by atoms with Crippen LogP contribution in [0.2, 0.25) is 0 Å². The Morgan fingerprint density at radius 2 is 1.75 bits per heavy atom. The van der Waals surface area contributed by atoms with Crippen molar-refractivity contribution >= 4 is 9.03 Å². The molecular weight excluding hydrogens is 77.0 g/mol. The molecule has 0 heterocycles.